The number of nitro groups is 1. The molecule has 0 heterocycles. The zero-order valence-electron chi connectivity index (χ0n) is 11.1. The molecule has 0 saturated heterocycles. The number of nitro benzene ring substituents is 1. The first-order valence-electron chi connectivity index (χ1n) is 6.32. The molecule has 7 heteroatoms. The van der Waals surface area contributed by atoms with Crippen molar-refractivity contribution >= 4 is 11.7 Å². The first kappa shape index (κ1) is 14.3. The van der Waals surface area contributed by atoms with Crippen molar-refractivity contribution in [3.63, 3.8) is 0 Å². The van der Waals surface area contributed by atoms with E-state index in [9.17, 15) is 14.9 Å². The lowest BCUT2D eigenvalue weighted by atomic mass is 10.3. The molecule has 1 aromatic carbocycles. The van der Waals surface area contributed by atoms with E-state index in [1.165, 1.54) is 19.2 Å². The van der Waals surface area contributed by atoms with Crippen LogP contribution in [0.2, 0.25) is 0 Å². The smallest absolute Gasteiger partial charge is 0.326 e. The minimum absolute atomic E-state index is 0.00593. The molecule has 0 bridgehead atoms. The fourth-order valence-corrected chi connectivity index (χ4v) is 1.76. The van der Waals surface area contributed by atoms with Crippen LogP contribution in [0.4, 0.5) is 5.69 Å². The molecular weight excluding hydrogens is 264 g/mol. The highest BCUT2D eigenvalue weighted by atomic mass is 16.6. The van der Waals surface area contributed by atoms with Crippen LogP contribution in [0.3, 0.4) is 0 Å². The topological polar surface area (TPSA) is 90.7 Å². The molecule has 0 spiro atoms. The van der Waals surface area contributed by atoms with Gasteiger partial charge in [0.05, 0.1) is 12.0 Å². The number of methoxy groups -OCH3 is 1. The fourth-order valence-electron chi connectivity index (χ4n) is 1.76. The first-order valence-corrected chi connectivity index (χ1v) is 6.32. The molecule has 7 nitrogen and oxygen atoms in total. The van der Waals surface area contributed by atoms with Gasteiger partial charge in [0.25, 0.3) is 0 Å². The van der Waals surface area contributed by atoms with Crippen molar-refractivity contribution < 1.29 is 19.2 Å². The van der Waals surface area contributed by atoms with Crippen LogP contribution in [-0.4, -0.2) is 36.7 Å². The van der Waals surface area contributed by atoms with Crippen LogP contribution in [0.15, 0.2) is 24.3 Å². The third kappa shape index (κ3) is 3.67. The van der Waals surface area contributed by atoms with Crippen molar-refractivity contribution in [2.24, 2.45) is 0 Å². The lowest BCUT2D eigenvalue weighted by Crippen LogP contribution is -2.43. The Labute approximate surface area is 116 Å². The molecule has 1 N–H and O–H groups in total. The van der Waals surface area contributed by atoms with Crippen molar-refractivity contribution in [3.8, 4) is 5.75 Å². The summed E-state index contributed by atoms with van der Waals surface area (Å²) in [7, 11) is 1.30. The van der Waals surface area contributed by atoms with Crippen LogP contribution < -0.4 is 10.1 Å². The summed E-state index contributed by atoms with van der Waals surface area (Å²) >= 11 is 0. The molecule has 1 saturated carbocycles. The SMILES string of the molecule is COC(=O)C(COc1ccccc1[N+](=O)[O-])NC1CC1. The van der Waals surface area contributed by atoms with E-state index in [-0.39, 0.29) is 18.0 Å². The van der Waals surface area contributed by atoms with Crippen LogP contribution in [-0.2, 0) is 9.53 Å². The summed E-state index contributed by atoms with van der Waals surface area (Å²) in [5, 5.41) is 14.0. The summed E-state index contributed by atoms with van der Waals surface area (Å²) in [6.45, 7) is -0.00593. The quantitative estimate of drug-likeness (QED) is 0.459. The summed E-state index contributed by atoms with van der Waals surface area (Å²) in [4.78, 5) is 22.0. The Balaban J connectivity index is 2.01. The number of nitrogens with zero attached hydrogens (tertiary/aromatic N) is 1. The zero-order chi connectivity index (χ0) is 14.5. The monoisotopic (exact) mass is 280 g/mol. The van der Waals surface area contributed by atoms with Crippen molar-refractivity contribution in [2.45, 2.75) is 24.9 Å². The number of nitrogens with one attached hydrogen (secondary N) is 1. The molecular formula is C13H16N2O5. The van der Waals surface area contributed by atoms with Crippen LogP contribution in [0.1, 0.15) is 12.8 Å². The molecule has 0 radical (unpaired) electrons. The summed E-state index contributed by atoms with van der Waals surface area (Å²) in [5.41, 5.74) is -0.123. The lowest BCUT2D eigenvalue weighted by Gasteiger charge is -2.16. The Hall–Kier alpha value is -2.15. The third-order valence-corrected chi connectivity index (χ3v) is 2.97. The maximum Gasteiger partial charge on any atom is 0.326 e. The molecule has 20 heavy (non-hydrogen) atoms. The Morgan fingerprint density at radius 1 is 1.50 bits per heavy atom. The second-order valence-electron chi connectivity index (χ2n) is 4.55. The zero-order valence-corrected chi connectivity index (χ0v) is 11.1. The summed E-state index contributed by atoms with van der Waals surface area (Å²) in [6.07, 6.45) is 2.03. The largest absolute Gasteiger partial charge is 0.485 e. The molecule has 1 aromatic rings. The molecule has 0 aromatic heterocycles. The van der Waals surface area contributed by atoms with Crippen LogP contribution >= 0.6 is 0 Å². The predicted octanol–water partition coefficient (Wildman–Crippen LogP) is 1.27. The predicted molar refractivity (Wildman–Crippen MR) is 70.6 cm³/mol. The molecule has 2 rings (SSSR count). The second-order valence-corrected chi connectivity index (χ2v) is 4.55. The van der Waals surface area contributed by atoms with E-state index < -0.39 is 16.9 Å². The van der Waals surface area contributed by atoms with Crippen LogP contribution in [0, 0.1) is 10.1 Å². The molecule has 0 aliphatic heterocycles. The van der Waals surface area contributed by atoms with Gasteiger partial charge >= 0.3 is 11.7 Å². The molecule has 1 atom stereocenters. The van der Waals surface area contributed by atoms with Gasteiger partial charge in [-0.3, -0.25) is 20.2 Å². The van der Waals surface area contributed by atoms with Gasteiger partial charge in [-0.1, -0.05) is 12.1 Å². The van der Waals surface area contributed by atoms with Gasteiger partial charge in [-0.05, 0) is 18.9 Å². The average Bonchev–Trinajstić information content (AvgIpc) is 3.26. The van der Waals surface area contributed by atoms with Gasteiger partial charge in [-0.15, -0.1) is 0 Å². The normalized spacial score (nSPS) is 15.4. The van der Waals surface area contributed by atoms with Crippen LogP contribution in [0.5, 0.6) is 5.75 Å². The number of rotatable bonds is 7. The molecule has 108 valence electrons. The standard InChI is InChI=1S/C13H16N2O5/c1-19-13(16)10(14-9-6-7-9)8-20-12-5-3-2-4-11(12)15(17)18/h2-5,9-10,14H,6-8H2,1H3. The first-order chi connectivity index (χ1) is 9.61. The van der Waals surface area contributed by atoms with E-state index in [0.717, 1.165) is 12.8 Å². The van der Waals surface area contributed by atoms with Gasteiger partial charge in [-0.2, -0.15) is 0 Å². The Morgan fingerprint density at radius 3 is 2.80 bits per heavy atom. The van der Waals surface area contributed by atoms with Gasteiger partial charge in [0.15, 0.2) is 5.75 Å². The molecule has 1 aliphatic rings. The van der Waals surface area contributed by atoms with E-state index in [0.29, 0.717) is 6.04 Å². The van der Waals surface area contributed by atoms with Crippen molar-refractivity contribution in [2.75, 3.05) is 13.7 Å². The molecule has 1 unspecified atom stereocenters. The van der Waals surface area contributed by atoms with E-state index in [1.54, 1.807) is 12.1 Å². The molecule has 1 fully saturated rings. The fraction of sp³-hybridized carbons (Fsp3) is 0.462. The number of benzene rings is 1. The Bertz CT molecular complexity index is 501. The van der Waals surface area contributed by atoms with Gasteiger partial charge in [0.2, 0.25) is 0 Å². The Morgan fingerprint density at radius 2 is 2.20 bits per heavy atom. The highest BCUT2D eigenvalue weighted by Gasteiger charge is 2.30. The van der Waals surface area contributed by atoms with Gasteiger partial charge in [0.1, 0.15) is 12.6 Å². The number of carbonyl (C=O) groups is 1. The van der Waals surface area contributed by atoms with Gasteiger partial charge in [-0.25, -0.2) is 0 Å². The van der Waals surface area contributed by atoms with E-state index >= 15 is 0 Å². The highest BCUT2D eigenvalue weighted by Crippen LogP contribution is 2.26. The summed E-state index contributed by atoms with van der Waals surface area (Å²) < 4.78 is 10.1. The second kappa shape index (κ2) is 6.33. The maximum absolute atomic E-state index is 11.6. The van der Waals surface area contributed by atoms with Crippen molar-refractivity contribution in [1.29, 1.82) is 0 Å². The third-order valence-electron chi connectivity index (χ3n) is 2.97. The Kier molecular flexibility index (Phi) is 4.52. The molecule has 0 amide bonds. The van der Waals surface area contributed by atoms with Crippen molar-refractivity contribution in [3.05, 3.63) is 34.4 Å². The van der Waals surface area contributed by atoms with E-state index in [4.69, 9.17) is 9.47 Å². The minimum atomic E-state index is -0.618. The van der Waals surface area contributed by atoms with E-state index in [1.807, 2.05) is 0 Å². The van der Waals surface area contributed by atoms with Gasteiger partial charge in [0, 0.05) is 12.1 Å². The number of esters is 1. The number of hydrogen-bond donors (Lipinski definition) is 1. The summed E-state index contributed by atoms with van der Waals surface area (Å²) in [5.74, 6) is -0.292. The summed E-state index contributed by atoms with van der Waals surface area (Å²) in [6, 6.07) is 5.75. The number of carbonyl (C=O) groups excluding carboxylic acids is 1. The van der Waals surface area contributed by atoms with Crippen molar-refractivity contribution in [1.82, 2.24) is 5.32 Å². The van der Waals surface area contributed by atoms with Crippen LogP contribution in [0.25, 0.3) is 0 Å². The minimum Gasteiger partial charge on any atom is -0.485 e. The number of para-hydroxylation sites is 2. The number of ether oxygens (including phenoxy) is 2. The molecule has 1 aliphatic carbocycles. The highest BCUT2D eigenvalue weighted by molar-refractivity contribution is 5.76. The maximum atomic E-state index is 11.6. The lowest BCUT2D eigenvalue weighted by molar-refractivity contribution is -0.385. The number of hydrogen-bond acceptors (Lipinski definition) is 6. The van der Waals surface area contributed by atoms with E-state index in [2.05, 4.69) is 5.32 Å². The van der Waals surface area contributed by atoms with Gasteiger partial charge < -0.3 is 9.47 Å². The average molecular weight is 280 g/mol.